The number of amides is 1. The zero-order chi connectivity index (χ0) is 9.14. The number of nitrogens with zero attached hydrogens (tertiary/aromatic N) is 1. The maximum absolute atomic E-state index is 11.5. The van der Waals surface area contributed by atoms with Crippen molar-refractivity contribution in [2.75, 3.05) is 12.9 Å². The van der Waals surface area contributed by atoms with Crippen molar-refractivity contribution in [2.24, 2.45) is 5.92 Å². The summed E-state index contributed by atoms with van der Waals surface area (Å²) >= 11 is 5.65. The quantitative estimate of drug-likeness (QED) is 0.619. The third kappa shape index (κ3) is 2.67. The Morgan fingerprint density at radius 1 is 1.67 bits per heavy atom. The van der Waals surface area contributed by atoms with E-state index in [0.29, 0.717) is 11.8 Å². The number of hydrogen-bond acceptors (Lipinski definition) is 1. The summed E-state index contributed by atoms with van der Waals surface area (Å²) in [5.74, 6) is 1.43. The first-order valence-corrected chi connectivity index (χ1v) is 5.00. The monoisotopic (exact) mass is 189 g/mol. The molecular formula is C9H16ClNO. The van der Waals surface area contributed by atoms with Crippen LogP contribution in [-0.4, -0.2) is 29.8 Å². The second kappa shape index (κ2) is 4.13. The van der Waals surface area contributed by atoms with Gasteiger partial charge in [-0.05, 0) is 25.7 Å². The first-order chi connectivity index (χ1) is 5.65. The van der Waals surface area contributed by atoms with E-state index >= 15 is 0 Å². The maximum Gasteiger partial charge on any atom is 0.222 e. The van der Waals surface area contributed by atoms with Gasteiger partial charge in [-0.3, -0.25) is 4.79 Å². The summed E-state index contributed by atoms with van der Waals surface area (Å²) in [6.45, 7) is 1.97. The topological polar surface area (TPSA) is 20.3 Å². The minimum atomic E-state index is 0.165. The fourth-order valence-corrected chi connectivity index (χ4v) is 1.27. The molecule has 3 heteroatoms. The Kier molecular flexibility index (Phi) is 3.39. The van der Waals surface area contributed by atoms with E-state index in [0.717, 1.165) is 6.42 Å². The van der Waals surface area contributed by atoms with E-state index in [1.54, 1.807) is 4.90 Å². The molecule has 0 aromatic heterocycles. The van der Waals surface area contributed by atoms with Gasteiger partial charge in [-0.1, -0.05) is 0 Å². The minimum Gasteiger partial charge on any atom is -0.342 e. The summed E-state index contributed by atoms with van der Waals surface area (Å²) in [5.41, 5.74) is 0. The van der Waals surface area contributed by atoms with E-state index in [4.69, 9.17) is 11.6 Å². The molecule has 1 amide bonds. The fraction of sp³-hybridized carbons (Fsp3) is 0.889. The van der Waals surface area contributed by atoms with Gasteiger partial charge in [0.15, 0.2) is 0 Å². The molecule has 1 rings (SSSR count). The Morgan fingerprint density at radius 2 is 2.25 bits per heavy atom. The highest BCUT2D eigenvalue weighted by atomic mass is 35.5. The molecule has 1 unspecified atom stereocenters. The van der Waals surface area contributed by atoms with Crippen molar-refractivity contribution < 1.29 is 4.79 Å². The lowest BCUT2D eigenvalue weighted by Crippen LogP contribution is -2.36. The van der Waals surface area contributed by atoms with Gasteiger partial charge in [-0.25, -0.2) is 0 Å². The van der Waals surface area contributed by atoms with Gasteiger partial charge in [0.05, 0.1) is 0 Å². The zero-order valence-corrected chi connectivity index (χ0v) is 8.47. The van der Waals surface area contributed by atoms with Gasteiger partial charge < -0.3 is 4.90 Å². The molecule has 1 aliphatic carbocycles. The van der Waals surface area contributed by atoms with Gasteiger partial charge in [-0.15, -0.1) is 11.6 Å². The summed E-state index contributed by atoms with van der Waals surface area (Å²) < 4.78 is 0. The molecule has 0 aromatic carbocycles. The predicted molar refractivity (Wildman–Crippen MR) is 50.3 cm³/mol. The number of carbonyl (C=O) groups excluding carboxylic acids is 1. The highest BCUT2D eigenvalue weighted by Crippen LogP contribution is 2.32. The van der Waals surface area contributed by atoms with Crippen molar-refractivity contribution in [3.05, 3.63) is 0 Å². The first-order valence-electron chi connectivity index (χ1n) is 4.46. The fourth-order valence-electron chi connectivity index (χ4n) is 1.06. The molecule has 0 spiro atoms. The molecule has 1 atom stereocenters. The molecule has 0 saturated heterocycles. The van der Waals surface area contributed by atoms with Crippen molar-refractivity contribution in [3.8, 4) is 0 Å². The van der Waals surface area contributed by atoms with Crippen LogP contribution in [0.1, 0.15) is 26.2 Å². The number of alkyl halides is 1. The van der Waals surface area contributed by atoms with Crippen molar-refractivity contribution in [2.45, 2.75) is 32.2 Å². The molecule has 1 aliphatic rings. The second-order valence-corrected chi connectivity index (χ2v) is 3.96. The summed E-state index contributed by atoms with van der Waals surface area (Å²) in [6, 6.07) is 0.165. The second-order valence-electron chi connectivity index (χ2n) is 3.66. The van der Waals surface area contributed by atoms with Crippen LogP contribution < -0.4 is 0 Å². The smallest absolute Gasteiger partial charge is 0.222 e. The normalized spacial score (nSPS) is 18.9. The Balaban J connectivity index is 2.28. The molecule has 0 aromatic rings. The van der Waals surface area contributed by atoms with Crippen molar-refractivity contribution in [3.63, 3.8) is 0 Å². The zero-order valence-electron chi connectivity index (χ0n) is 7.72. The van der Waals surface area contributed by atoms with Crippen molar-refractivity contribution in [1.82, 2.24) is 4.90 Å². The van der Waals surface area contributed by atoms with Crippen LogP contribution in [0.3, 0.4) is 0 Å². The molecule has 2 nitrogen and oxygen atoms in total. The van der Waals surface area contributed by atoms with Crippen LogP contribution in [0.15, 0.2) is 0 Å². The highest BCUT2D eigenvalue weighted by Gasteiger charge is 2.26. The highest BCUT2D eigenvalue weighted by molar-refractivity contribution is 6.18. The summed E-state index contributed by atoms with van der Waals surface area (Å²) in [6.07, 6.45) is 3.18. The van der Waals surface area contributed by atoms with Crippen LogP contribution in [-0.2, 0) is 4.79 Å². The number of halogens is 1. The lowest BCUT2D eigenvalue weighted by atomic mass is 10.2. The van der Waals surface area contributed by atoms with Crippen molar-refractivity contribution in [1.29, 1.82) is 0 Å². The molecule has 0 aliphatic heterocycles. The SMILES string of the molecule is CC(CCl)N(C)C(=O)CC1CC1. The van der Waals surface area contributed by atoms with E-state index in [1.165, 1.54) is 12.8 Å². The minimum absolute atomic E-state index is 0.165. The first kappa shape index (κ1) is 9.85. The van der Waals surface area contributed by atoms with E-state index < -0.39 is 0 Å². The van der Waals surface area contributed by atoms with Gasteiger partial charge in [-0.2, -0.15) is 0 Å². The number of carbonyl (C=O) groups is 1. The third-order valence-electron chi connectivity index (χ3n) is 2.44. The molecule has 70 valence electrons. The van der Waals surface area contributed by atoms with Crippen LogP contribution in [0.4, 0.5) is 0 Å². The lowest BCUT2D eigenvalue weighted by molar-refractivity contribution is -0.131. The summed E-state index contributed by atoms with van der Waals surface area (Å²) in [7, 11) is 1.83. The standard InChI is InChI=1S/C9H16ClNO/c1-7(6-10)11(2)9(12)5-8-3-4-8/h7-8H,3-6H2,1-2H3. The summed E-state index contributed by atoms with van der Waals surface area (Å²) in [5, 5.41) is 0. The molecular weight excluding hydrogens is 174 g/mol. The van der Waals surface area contributed by atoms with Crippen LogP contribution >= 0.6 is 11.6 Å². The molecule has 1 fully saturated rings. The van der Waals surface area contributed by atoms with Gasteiger partial charge in [0, 0.05) is 25.4 Å². The Hall–Kier alpha value is -0.240. The Labute approximate surface area is 78.9 Å². The lowest BCUT2D eigenvalue weighted by Gasteiger charge is -2.22. The van der Waals surface area contributed by atoms with Gasteiger partial charge in [0.1, 0.15) is 0 Å². The average molecular weight is 190 g/mol. The predicted octanol–water partition coefficient (Wildman–Crippen LogP) is 1.87. The van der Waals surface area contributed by atoms with E-state index in [1.807, 2.05) is 14.0 Å². The number of hydrogen-bond donors (Lipinski definition) is 0. The van der Waals surface area contributed by atoms with Gasteiger partial charge in [0.25, 0.3) is 0 Å². The third-order valence-corrected chi connectivity index (χ3v) is 2.88. The molecule has 12 heavy (non-hydrogen) atoms. The van der Waals surface area contributed by atoms with Crippen LogP contribution in [0.2, 0.25) is 0 Å². The van der Waals surface area contributed by atoms with E-state index in [-0.39, 0.29) is 11.9 Å². The molecule has 0 N–H and O–H groups in total. The van der Waals surface area contributed by atoms with E-state index in [9.17, 15) is 4.79 Å². The molecule has 1 saturated carbocycles. The van der Waals surface area contributed by atoms with Crippen LogP contribution in [0.5, 0.6) is 0 Å². The largest absolute Gasteiger partial charge is 0.342 e. The summed E-state index contributed by atoms with van der Waals surface area (Å²) in [4.78, 5) is 13.2. The molecule has 0 heterocycles. The Bertz CT molecular complexity index is 168. The van der Waals surface area contributed by atoms with Gasteiger partial charge >= 0.3 is 0 Å². The van der Waals surface area contributed by atoms with Gasteiger partial charge in [0.2, 0.25) is 5.91 Å². The van der Waals surface area contributed by atoms with E-state index in [2.05, 4.69) is 0 Å². The number of rotatable bonds is 4. The maximum atomic E-state index is 11.5. The van der Waals surface area contributed by atoms with Crippen LogP contribution in [0, 0.1) is 5.92 Å². The molecule has 0 bridgehead atoms. The van der Waals surface area contributed by atoms with Crippen molar-refractivity contribution >= 4 is 17.5 Å². The average Bonchev–Trinajstić information content (AvgIpc) is 2.85. The molecule has 0 radical (unpaired) electrons. The van der Waals surface area contributed by atoms with Crippen LogP contribution in [0.25, 0.3) is 0 Å². The Morgan fingerprint density at radius 3 is 2.67 bits per heavy atom.